The number of halogens is 3. The molecule has 3 aromatic rings. The molecule has 170 valence electrons. The molecule has 33 heavy (non-hydrogen) atoms. The quantitative estimate of drug-likeness (QED) is 0.351. The van der Waals surface area contributed by atoms with Crippen molar-refractivity contribution in [2.24, 2.45) is 5.41 Å². The van der Waals surface area contributed by atoms with Crippen molar-refractivity contribution in [3.63, 3.8) is 0 Å². The van der Waals surface area contributed by atoms with Crippen molar-refractivity contribution >= 4 is 0 Å². The van der Waals surface area contributed by atoms with E-state index in [2.05, 4.69) is 150 Å². The smallest absolute Gasteiger partial charge is 1.00 e. The van der Waals surface area contributed by atoms with Gasteiger partial charge in [0.15, 0.2) is 0 Å². The monoisotopic (exact) mass is 530 g/mol. The molecule has 0 aliphatic heterocycles. The van der Waals surface area contributed by atoms with E-state index in [4.69, 9.17) is 0 Å². The molecule has 0 fully saturated rings. The second-order valence-electron chi connectivity index (χ2n) is 9.25. The van der Waals surface area contributed by atoms with Crippen LogP contribution in [0.3, 0.4) is 0 Å². The van der Waals surface area contributed by atoms with Crippen LogP contribution in [0.5, 0.6) is 0 Å². The van der Waals surface area contributed by atoms with Crippen molar-refractivity contribution in [1.82, 2.24) is 0 Å². The van der Waals surface area contributed by atoms with Crippen LogP contribution in [0.1, 0.15) is 37.5 Å². The molecule has 0 aromatic heterocycles. The summed E-state index contributed by atoms with van der Waals surface area (Å²) < 4.78 is -0.149. The van der Waals surface area contributed by atoms with Crippen LogP contribution in [-0.4, -0.2) is 0 Å². The fourth-order valence-electron chi connectivity index (χ4n) is 5.38. The van der Waals surface area contributed by atoms with Crippen LogP contribution in [0, 0.1) is 5.41 Å². The third-order valence-electron chi connectivity index (χ3n) is 6.52. The molecule has 0 saturated heterocycles. The standard InChI is InChI=1S/C29H29.3ClH.Ti/c1-28(2,3)29(25-17-9-5-10-18-25,26-19-11-6-12-20-26)27-21-13-16-24(27)22-23-14-7-4-8-15-23;;;;/h4-21H,22H2,1-3H3;3*1H;/q;;;;+3/p-3. The number of hydrogen-bond acceptors (Lipinski definition) is 0. The Hall–Kier alpha value is -1.28. The SMILES string of the molecule is CC(C)(C)C(c1ccccc1)(c1ccccc1)[C]1([Ti+3])C=CC=C1Cc1ccccc1.[Cl-].[Cl-].[Cl-]. The Kier molecular flexibility index (Phi) is 10.7. The van der Waals surface area contributed by atoms with Crippen LogP contribution in [0.25, 0.3) is 0 Å². The minimum Gasteiger partial charge on any atom is -1.00 e. The first-order valence-corrected chi connectivity index (χ1v) is 11.5. The van der Waals surface area contributed by atoms with E-state index in [1.807, 2.05) is 0 Å². The average molecular weight is 532 g/mol. The van der Waals surface area contributed by atoms with Gasteiger partial charge in [0.1, 0.15) is 0 Å². The molecule has 1 aliphatic rings. The Morgan fingerprint density at radius 1 is 0.667 bits per heavy atom. The average Bonchev–Trinajstić information content (AvgIpc) is 3.11. The van der Waals surface area contributed by atoms with E-state index >= 15 is 0 Å². The van der Waals surface area contributed by atoms with E-state index in [-0.39, 0.29) is 51.8 Å². The molecule has 1 unspecified atom stereocenters. The fourth-order valence-corrected chi connectivity index (χ4v) is 6.84. The van der Waals surface area contributed by atoms with E-state index in [0.29, 0.717) is 0 Å². The molecule has 4 heteroatoms. The van der Waals surface area contributed by atoms with Gasteiger partial charge in [-0.25, -0.2) is 0 Å². The third kappa shape index (κ3) is 5.21. The molecule has 0 radical (unpaired) electrons. The van der Waals surface area contributed by atoms with Gasteiger partial charge in [0.2, 0.25) is 0 Å². The predicted octanol–water partition coefficient (Wildman–Crippen LogP) is -1.52. The zero-order valence-electron chi connectivity index (χ0n) is 19.2. The molecular weight excluding hydrogens is 503 g/mol. The summed E-state index contributed by atoms with van der Waals surface area (Å²) in [6, 6.07) is 33.1. The molecule has 0 heterocycles. The van der Waals surface area contributed by atoms with Crippen molar-refractivity contribution in [2.75, 3.05) is 0 Å². The van der Waals surface area contributed by atoms with Crippen LogP contribution in [-0.2, 0) is 32.3 Å². The minimum atomic E-state index is -0.212. The molecule has 0 N–H and O–H groups in total. The zero-order chi connectivity index (χ0) is 21.2. The van der Waals surface area contributed by atoms with Gasteiger partial charge in [-0.15, -0.1) is 0 Å². The van der Waals surface area contributed by atoms with Crippen molar-refractivity contribution in [3.05, 3.63) is 131 Å². The van der Waals surface area contributed by atoms with Crippen molar-refractivity contribution < 1.29 is 57.7 Å². The van der Waals surface area contributed by atoms with Crippen LogP contribution in [0.2, 0.25) is 3.72 Å². The summed E-state index contributed by atoms with van der Waals surface area (Å²) in [5.74, 6) is 0. The van der Waals surface area contributed by atoms with E-state index < -0.39 is 0 Å². The van der Waals surface area contributed by atoms with E-state index in [9.17, 15) is 0 Å². The summed E-state index contributed by atoms with van der Waals surface area (Å²) in [6.07, 6.45) is 8.02. The minimum absolute atomic E-state index is 0. The molecule has 0 saturated carbocycles. The summed E-state index contributed by atoms with van der Waals surface area (Å²) in [5.41, 5.74) is 5.35. The van der Waals surface area contributed by atoms with Crippen LogP contribution in [0.15, 0.2) is 115 Å². The maximum Gasteiger partial charge on any atom is -1.00 e. The first-order valence-electron chi connectivity index (χ1n) is 10.7. The maximum atomic E-state index is 2.44. The molecular formula is C29H29Cl3Ti. The molecule has 0 spiro atoms. The van der Waals surface area contributed by atoms with Gasteiger partial charge in [-0.1, -0.05) is 0 Å². The Bertz CT molecular complexity index is 1010. The van der Waals surface area contributed by atoms with Gasteiger partial charge in [0.25, 0.3) is 0 Å². The number of benzene rings is 3. The Morgan fingerprint density at radius 3 is 1.52 bits per heavy atom. The van der Waals surface area contributed by atoms with Gasteiger partial charge in [-0.2, -0.15) is 0 Å². The van der Waals surface area contributed by atoms with Gasteiger partial charge in [-0.3, -0.25) is 0 Å². The molecule has 0 bridgehead atoms. The van der Waals surface area contributed by atoms with Gasteiger partial charge in [-0.05, 0) is 0 Å². The first-order chi connectivity index (χ1) is 14.4. The van der Waals surface area contributed by atoms with Gasteiger partial charge >= 0.3 is 194 Å². The van der Waals surface area contributed by atoms with E-state index in [1.54, 1.807) is 0 Å². The Labute approximate surface area is 229 Å². The maximum absolute atomic E-state index is 2.44. The van der Waals surface area contributed by atoms with Crippen molar-refractivity contribution in [3.8, 4) is 0 Å². The summed E-state index contributed by atoms with van der Waals surface area (Å²) in [5, 5.41) is 0. The first kappa shape index (κ1) is 29.8. The largest absolute Gasteiger partial charge is 1.00 e. The molecule has 4 rings (SSSR count). The molecule has 1 atom stereocenters. The van der Waals surface area contributed by atoms with Crippen LogP contribution < -0.4 is 37.2 Å². The second-order valence-corrected chi connectivity index (χ2v) is 10.5. The van der Waals surface area contributed by atoms with Gasteiger partial charge < -0.3 is 37.2 Å². The predicted molar refractivity (Wildman–Crippen MR) is 123 cm³/mol. The molecule has 1 aliphatic carbocycles. The number of rotatable bonds is 5. The Balaban J connectivity index is 0.00000181. The second kappa shape index (κ2) is 11.9. The Morgan fingerprint density at radius 2 is 1.09 bits per heavy atom. The molecule has 0 amide bonds. The normalized spacial score (nSPS) is 17.3. The van der Waals surface area contributed by atoms with E-state index in [1.165, 1.54) is 22.3 Å². The molecule has 0 nitrogen and oxygen atoms in total. The summed E-state index contributed by atoms with van der Waals surface area (Å²) in [4.78, 5) is 0. The van der Waals surface area contributed by atoms with Crippen molar-refractivity contribution in [1.29, 1.82) is 0 Å². The third-order valence-corrected chi connectivity index (χ3v) is 7.86. The van der Waals surface area contributed by atoms with Crippen LogP contribution in [0.4, 0.5) is 0 Å². The number of allylic oxidation sites excluding steroid dienone is 4. The van der Waals surface area contributed by atoms with E-state index in [0.717, 1.165) is 6.42 Å². The molecule has 3 aromatic carbocycles. The topological polar surface area (TPSA) is 0 Å². The van der Waals surface area contributed by atoms with Gasteiger partial charge in [0, 0.05) is 0 Å². The van der Waals surface area contributed by atoms with Crippen LogP contribution >= 0.6 is 0 Å². The number of hydrogen-bond donors (Lipinski definition) is 0. The fraction of sp³-hybridized carbons (Fsp3) is 0.241. The summed E-state index contributed by atoms with van der Waals surface area (Å²) >= 11 is 2.44. The van der Waals surface area contributed by atoms with Crippen molar-refractivity contribution in [2.45, 2.75) is 36.3 Å². The zero-order valence-corrected chi connectivity index (χ0v) is 23.1. The summed E-state index contributed by atoms with van der Waals surface area (Å²) in [7, 11) is 0. The van der Waals surface area contributed by atoms with Gasteiger partial charge in [0.05, 0.1) is 0 Å². The summed E-state index contributed by atoms with van der Waals surface area (Å²) in [6.45, 7) is 7.18.